The highest BCUT2D eigenvalue weighted by atomic mass is 16.6. The van der Waals surface area contributed by atoms with Crippen LogP contribution in [0.4, 0.5) is 5.82 Å². The summed E-state index contributed by atoms with van der Waals surface area (Å²) in [6.45, 7) is 9.60. The number of anilines is 1. The van der Waals surface area contributed by atoms with E-state index in [-0.39, 0.29) is 18.1 Å². The molecule has 0 aliphatic carbocycles. The van der Waals surface area contributed by atoms with Crippen molar-refractivity contribution < 1.29 is 9.74 Å². The van der Waals surface area contributed by atoms with Crippen molar-refractivity contribution >= 4 is 17.0 Å². The van der Waals surface area contributed by atoms with Crippen LogP contribution in [0.15, 0.2) is 11.0 Å². The number of aromatic nitrogens is 6. The minimum absolute atomic E-state index is 0.0723. The molecular weight excluding hydrogens is 346 g/mol. The quantitative estimate of drug-likeness (QED) is 0.740. The average Bonchev–Trinajstić information content (AvgIpc) is 3.34. The van der Waals surface area contributed by atoms with Crippen molar-refractivity contribution in [1.82, 2.24) is 29.8 Å². The van der Waals surface area contributed by atoms with E-state index < -0.39 is 0 Å². The van der Waals surface area contributed by atoms with E-state index in [0.29, 0.717) is 6.54 Å². The number of nitrogens with zero attached hydrogens (tertiary/aromatic N) is 7. The molecule has 0 spiro atoms. The molecule has 9 heteroatoms. The Bertz CT molecular complexity index is 956. The molecule has 4 rings (SSSR count). The minimum Gasteiger partial charge on any atom is -0.394 e. The molecule has 0 aromatic carbocycles. The summed E-state index contributed by atoms with van der Waals surface area (Å²) >= 11 is 0. The zero-order chi connectivity index (χ0) is 19.2. The Labute approximate surface area is 157 Å². The van der Waals surface area contributed by atoms with Crippen LogP contribution in [0.1, 0.15) is 50.8 Å². The Morgan fingerprint density at radius 3 is 2.74 bits per heavy atom. The van der Waals surface area contributed by atoms with Gasteiger partial charge >= 0.3 is 0 Å². The molecule has 0 saturated carbocycles. The number of aryl methyl sites for hydroxylation is 1. The molecule has 0 amide bonds. The van der Waals surface area contributed by atoms with E-state index in [4.69, 9.17) is 14.6 Å². The van der Waals surface area contributed by atoms with Gasteiger partial charge in [-0.05, 0) is 19.8 Å². The van der Waals surface area contributed by atoms with Crippen LogP contribution in [0.25, 0.3) is 11.2 Å². The monoisotopic (exact) mass is 371 g/mol. The highest BCUT2D eigenvalue weighted by Gasteiger charge is 2.30. The summed E-state index contributed by atoms with van der Waals surface area (Å²) in [5, 5.41) is 17.6. The van der Waals surface area contributed by atoms with Gasteiger partial charge in [0.15, 0.2) is 17.0 Å². The van der Waals surface area contributed by atoms with E-state index in [1.165, 1.54) is 0 Å². The first-order chi connectivity index (χ1) is 12.9. The summed E-state index contributed by atoms with van der Waals surface area (Å²) in [5.41, 5.74) is 2.80. The molecule has 3 aromatic rings. The molecule has 3 aromatic heterocycles. The Morgan fingerprint density at radius 1 is 1.26 bits per heavy atom. The molecule has 1 aliphatic heterocycles. The Hall–Kier alpha value is -2.55. The molecule has 1 unspecified atom stereocenters. The molecule has 1 saturated heterocycles. The third-order valence-electron chi connectivity index (χ3n) is 5.04. The van der Waals surface area contributed by atoms with Crippen molar-refractivity contribution in [2.75, 3.05) is 18.1 Å². The zero-order valence-electron chi connectivity index (χ0n) is 16.2. The minimum atomic E-state index is -0.210. The van der Waals surface area contributed by atoms with E-state index in [9.17, 15) is 5.11 Å². The second kappa shape index (κ2) is 6.56. The topological polar surface area (TPSA) is 106 Å². The molecule has 9 nitrogen and oxygen atoms in total. The Morgan fingerprint density at radius 2 is 2.07 bits per heavy atom. The SMILES string of the molecule is Cc1nonc1Cn1cnc2c(N3CCCC3CO)nc(C(C)(C)C)nc21. The van der Waals surface area contributed by atoms with Crippen LogP contribution in [0.3, 0.4) is 0 Å². The van der Waals surface area contributed by atoms with Crippen molar-refractivity contribution in [3.63, 3.8) is 0 Å². The van der Waals surface area contributed by atoms with Gasteiger partial charge in [0.2, 0.25) is 0 Å². The van der Waals surface area contributed by atoms with Gasteiger partial charge in [0.1, 0.15) is 17.2 Å². The Kier molecular flexibility index (Phi) is 4.33. The van der Waals surface area contributed by atoms with Crippen molar-refractivity contribution in [3.05, 3.63) is 23.5 Å². The predicted molar refractivity (Wildman–Crippen MR) is 99.6 cm³/mol. The van der Waals surface area contributed by atoms with Crippen molar-refractivity contribution in [1.29, 1.82) is 0 Å². The number of hydrogen-bond acceptors (Lipinski definition) is 8. The molecule has 144 valence electrons. The highest BCUT2D eigenvalue weighted by Crippen LogP contribution is 2.32. The van der Waals surface area contributed by atoms with Crippen molar-refractivity contribution in [2.45, 2.75) is 58.5 Å². The number of imidazole rings is 1. The first kappa shape index (κ1) is 17.8. The summed E-state index contributed by atoms with van der Waals surface area (Å²) in [6, 6.07) is 0.0723. The fourth-order valence-electron chi connectivity index (χ4n) is 3.44. The smallest absolute Gasteiger partial charge is 0.166 e. The summed E-state index contributed by atoms with van der Waals surface area (Å²) in [7, 11) is 0. The first-order valence-corrected chi connectivity index (χ1v) is 9.27. The van der Waals surface area contributed by atoms with E-state index in [1.807, 2.05) is 11.5 Å². The van der Waals surface area contributed by atoms with Gasteiger partial charge in [-0.2, -0.15) is 0 Å². The maximum absolute atomic E-state index is 9.77. The van der Waals surface area contributed by atoms with Gasteiger partial charge in [0, 0.05) is 12.0 Å². The third kappa shape index (κ3) is 3.16. The van der Waals surface area contributed by atoms with E-state index >= 15 is 0 Å². The predicted octanol–water partition coefficient (Wildman–Crippen LogP) is 1.82. The number of aliphatic hydroxyl groups is 1. The molecule has 1 fully saturated rings. The van der Waals surface area contributed by atoms with Gasteiger partial charge < -0.3 is 14.6 Å². The van der Waals surface area contributed by atoms with Crippen LogP contribution in [0.2, 0.25) is 0 Å². The second-order valence-electron chi connectivity index (χ2n) is 8.13. The van der Waals surface area contributed by atoms with Gasteiger partial charge in [0.05, 0.1) is 25.5 Å². The van der Waals surface area contributed by atoms with E-state index in [1.54, 1.807) is 6.33 Å². The normalized spacial score (nSPS) is 18.0. The maximum atomic E-state index is 9.77. The second-order valence-corrected chi connectivity index (χ2v) is 8.13. The average molecular weight is 371 g/mol. The van der Waals surface area contributed by atoms with Gasteiger partial charge in [0.25, 0.3) is 0 Å². The lowest BCUT2D eigenvalue weighted by molar-refractivity contribution is 0.266. The number of rotatable bonds is 4. The molecule has 0 bridgehead atoms. The van der Waals surface area contributed by atoms with Gasteiger partial charge in [-0.1, -0.05) is 31.1 Å². The summed E-state index contributed by atoms with van der Waals surface area (Å²) in [5.74, 6) is 1.56. The van der Waals surface area contributed by atoms with E-state index in [0.717, 1.165) is 53.6 Å². The fraction of sp³-hybridized carbons (Fsp3) is 0.611. The standard InChI is InChI=1S/C18H25N7O2/c1-11-13(23-27-22-11)8-24-10-19-14-15(24)20-17(18(2,3)4)21-16(14)25-7-5-6-12(25)9-26/h10,12,26H,5-9H2,1-4H3. The van der Waals surface area contributed by atoms with Crippen molar-refractivity contribution in [3.8, 4) is 0 Å². The number of fused-ring (bicyclic) bond motifs is 1. The van der Waals surface area contributed by atoms with Crippen LogP contribution >= 0.6 is 0 Å². The van der Waals surface area contributed by atoms with Crippen LogP contribution in [-0.2, 0) is 12.0 Å². The Balaban J connectivity index is 1.86. The molecule has 1 aliphatic rings. The number of hydrogen-bond donors (Lipinski definition) is 1. The van der Waals surface area contributed by atoms with Gasteiger partial charge in [-0.15, -0.1) is 0 Å². The van der Waals surface area contributed by atoms with Crippen LogP contribution in [-0.4, -0.2) is 54.1 Å². The number of aliphatic hydroxyl groups excluding tert-OH is 1. The third-order valence-corrected chi connectivity index (χ3v) is 5.04. The van der Waals surface area contributed by atoms with Gasteiger partial charge in [-0.25, -0.2) is 19.6 Å². The summed E-state index contributed by atoms with van der Waals surface area (Å²) < 4.78 is 6.77. The van der Waals surface area contributed by atoms with E-state index in [2.05, 4.69) is 41.0 Å². The van der Waals surface area contributed by atoms with Crippen LogP contribution in [0.5, 0.6) is 0 Å². The molecule has 27 heavy (non-hydrogen) atoms. The molecular formula is C18H25N7O2. The lowest BCUT2D eigenvalue weighted by Gasteiger charge is -2.26. The van der Waals surface area contributed by atoms with Crippen LogP contribution < -0.4 is 4.90 Å². The first-order valence-electron chi connectivity index (χ1n) is 9.27. The maximum Gasteiger partial charge on any atom is 0.166 e. The zero-order valence-corrected chi connectivity index (χ0v) is 16.2. The van der Waals surface area contributed by atoms with Gasteiger partial charge in [-0.3, -0.25) is 0 Å². The molecule has 1 atom stereocenters. The molecule has 1 N–H and O–H groups in total. The van der Waals surface area contributed by atoms with Crippen LogP contribution in [0, 0.1) is 6.92 Å². The van der Waals surface area contributed by atoms with Crippen molar-refractivity contribution in [2.24, 2.45) is 0 Å². The fourth-order valence-corrected chi connectivity index (χ4v) is 3.44. The lowest BCUT2D eigenvalue weighted by Crippen LogP contribution is -2.34. The highest BCUT2D eigenvalue weighted by molar-refractivity contribution is 5.84. The largest absolute Gasteiger partial charge is 0.394 e. The summed E-state index contributed by atoms with van der Waals surface area (Å²) in [6.07, 6.45) is 3.75. The molecule has 0 radical (unpaired) electrons. The lowest BCUT2D eigenvalue weighted by atomic mass is 9.95. The molecule has 4 heterocycles. The summed E-state index contributed by atoms with van der Waals surface area (Å²) in [4.78, 5) is 16.4.